The summed E-state index contributed by atoms with van der Waals surface area (Å²) in [6, 6.07) is 15.7. The highest BCUT2D eigenvalue weighted by Gasteiger charge is 2.09. The van der Waals surface area contributed by atoms with E-state index in [2.05, 4.69) is 4.90 Å². The van der Waals surface area contributed by atoms with Crippen molar-refractivity contribution >= 4 is 5.97 Å². The van der Waals surface area contributed by atoms with E-state index >= 15 is 0 Å². The molecule has 1 fully saturated rings. The monoisotopic (exact) mass is 339 g/mol. The van der Waals surface area contributed by atoms with Gasteiger partial charge in [-0.1, -0.05) is 42.8 Å². The normalized spacial score (nSPS) is 15.0. The van der Waals surface area contributed by atoms with Gasteiger partial charge < -0.3 is 9.84 Å². The summed E-state index contributed by atoms with van der Waals surface area (Å²) in [6.45, 7) is 4.11. The number of hydrogen-bond acceptors (Lipinski definition) is 3. The molecular formula is C21H25NO3. The molecule has 0 bridgehead atoms. The number of aliphatic carboxylic acids is 1. The molecule has 0 aromatic heterocycles. The molecule has 3 rings (SSSR count). The standard InChI is InChI=1S/C21H25NO3/c23-21(24)16-17-4-6-18(7-5-17)19-8-10-20(11-9-19)25-15-14-22-12-2-1-3-13-22/h4-11H,1-3,12-16H2,(H,23,24). The molecule has 0 radical (unpaired) electrons. The van der Waals surface area contributed by atoms with Crippen molar-refractivity contribution in [2.24, 2.45) is 0 Å². The van der Waals surface area contributed by atoms with Gasteiger partial charge in [0.05, 0.1) is 6.42 Å². The minimum absolute atomic E-state index is 0.0596. The van der Waals surface area contributed by atoms with E-state index in [0.717, 1.165) is 35.6 Å². The van der Waals surface area contributed by atoms with Crippen LogP contribution in [0.25, 0.3) is 11.1 Å². The van der Waals surface area contributed by atoms with E-state index in [1.165, 1.54) is 32.4 Å². The number of carboxylic acid groups (broad SMARTS) is 1. The molecule has 0 spiro atoms. The third-order valence-corrected chi connectivity index (χ3v) is 4.62. The number of likely N-dealkylation sites (tertiary alicyclic amines) is 1. The topological polar surface area (TPSA) is 49.8 Å². The summed E-state index contributed by atoms with van der Waals surface area (Å²) in [6.07, 6.45) is 4.03. The molecule has 1 saturated heterocycles. The lowest BCUT2D eigenvalue weighted by atomic mass is 10.0. The van der Waals surface area contributed by atoms with Gasteiger partial charge in [0.25, 0.3) is 0 Å². The molecule has 25 heavy (non-hydrogen) atoms. The first kappa shape index (κ1) is 17.5. The van der Waals surface area contributed by atoms with Crippen LogP contribution in [0.3, 0.4) is 0 Å². The van der Waals surface area contributed by atoms with Crippen LogP contribution < -0.4 is 4.74 Å². The van der Waals surface area contributed by atoms with Crippen LogP contribution in [0.15, 0.2) is 48.5 Å². The highest BCUT2D eigenvalue weighted by Crippen LogP contribution is 2.23. The lowest BCUT2D eigenvalue weighted by molar-refractivity contribution is -0.136. The Morgan fingerprint density at radius 2 is 1.52 bits per heavy atom. The molecule has 0 atom stereocenters. The van der Waals surface area contributed by atoms with Crippen LogP contribution in [-0.2, 0) is 11.2 Å². The predicted molar refractivity (Wildman–Crippen MR) is 99.0 cm³/mol. The minimum atomic E-state index is -0.807. The zero-order chi connectivity index (χ0) is 17.5. The first-order valence-electron chi connectivity index (χ1n) is 8.97. The summed E-state index contributed by atoms with van der Waals surface area (Å²) in [5.41, 5.74) is 2.99. The largest absolute Gasteiger partial charge is 0.492 e. The van der Waals surface area contributed by atoms with E-state index < -0.39 is 5.97 Å². The molecule has 4 nitrogen and oxygen atoms in total. The molecule has 0 unspecified atom stereocenters. The molecule has 2 aromatic carbocycles. The number of carboxylic acids is 1. The summed E-state index contributed by atoms with van der Waals surface area (Å²) in [5, 5.41) is 8.82. The first-order chi connectivity index (χ1) is 12.2. The van der Waals surface area contributed by atoms with Crippen molar-refractivity contribution in [1.29, 1.82) is 0 Å². The van der Waals surface area contributed by atoms with Gasteiger partial charge in [-0.3, -0.25) is 9.69 Å². The average Bonchev–Trinajstić information content (AvgIpc) is 2.63. The van der Waals surface area contributed by atoms with E-state index in [1.54, 1.807) is 0 Å². The second-order valence-electron chi connectivity index (χ2n) is 6.54. The molecule has 2 aromatic rings. The third-order valence-electron chi connectivity index (χ3n) is 4.62. The molecule has 0 saturated carbocycles. The Labute approximate surface area is 149 Å². The molecule has 1 heterocycles. The predicted octanol–water partition coefficient (Wildman–Crippen LogP) is 3.85. The number of rotatable bonds is 7. The summed E-state index contributed by atoms with van der Waals surface area (Å²) in [5.74, 6) is 0.0852. The number of nitrogens with zero attached hydrogens (tertiary/aromatic N) is 1. The molecule has 0 amide bonds. The summed E-state index contributed by atoms with van der Waals surface area (Å²) < 4.78 is 5.86. The smallest absolute Gasteiger partial charge is 0.307 e. The quantitative estimate of drug-likeness (QED) is 0.832. The SMILES string of the molecule is O=C(O)Cc1ccc(-c2ccc(OCCN3CCCCC3)cc2)cc1. The second-order valence-corrected chi connectivity index (χ2v) is 6.54. The number of carbonyl (C=O) groups is 1. The van der Waals surface area contributed by atoms with E-state index in [9.17, 15) is 4.79 Å². The van der Waals surface area contributed by atoms with Crippen LogP contribution in [0, 0.1) is 0 Å². The van der Waals surface area contributed by atoms with Crippen molar-refractivity contribution in [3.05, 3.63) is 54.1 Å². The molecule has 4 heteroatoms. The van der Waals surface area contributed by atoms with Crippen LogP contribution in [0.5, 0.6) is 5.75 Å². The zero-order valence-corrected chi connectivity index (χ0v) is 14.5. The number of piperidine rings is 1. The molecule has 1 aliphatic rings. The number of hydrogen-bond donors (Lipinski definition) is 1. The van der Waals surface area contributed by atoms with Crippen LogP contribution >= 0.6 is 0 Å². The fourth-order valence-electron chi connectivity index (χ4n) is 3.21. The summed E-state index contributed by atoms with van der Waals surface area (Å²) in [7, 11) is 0. The average molecular weight is 339 g/mol. The zero-order valence-electron chi connectivity index (χ0n) is 14.5. The van der Waals surface area contributed by atoms with Crippen LogP contribution in [0.2, 0.25) is 0 Å². The maximum atomic E-state index is 10.7. The Hall–Kier alpha value is -2.33. The van der Waals surface area contributed by atoms with Gasteiger partial charge in [0.15, 0.2) is 0 Å². The fraction of sp³-hybridized carbons (Fsp3) is 0.381. The molecule has 0 aliphatic carbocycles. The van der Waals surface area contributed by atoms with Crippen molar-refractivity contribution in [2.75, 3.05) is 26.2 Å². The summed E-state index contributed by atoms with van der Waals surface area (Å²) >= 11 is 0. The number of ether oxygens (including phenoxy) is 1. The van der Waals surface area contributed by atoms with Crippen LogP contribution in [0.4, 0.5) is 0 Å². The lowest BCUT2D eigenvalue weighted by Crippen LogP contribution is -2.33. The van der Waals surface area contributed by atoms with Crippen LogP contribution in [0.1, 0.15) is 24.8 Å². The Bertz CT molecular complexity index is 673. The van der Waals surface area contributed by atoms with Crippen molar-refractivity contribution < 1.29 is 14.6 Å². The van der Waals surface area contributed by atoms with Gasteiger partial charge in [-0.05, 0) is 54.8 Å². The molecule has 1 N–H and O–H groups in total. The van der Waals surface area contributed by atoms with E-state index in [-0.39, 0.29) is 6.42 Å². The van der Waals surface area contributed by atoms with Crippen molar-refractivity contribution in [3.63, 3.8) is 0 Å². The van der Waals surface area contributed by atoms with Crippen molar-refractivity contribution in [3.8, 4) is 16.9 Å². The van der Waals surface area contributed by atoms with Gasteiger partial charge in [0.2, 0.25) is 0 Å². The van der Waals surface area contributed by atoms with E-state index in [1.807, 2.05) is 48.5 Å². The Kier molecular flexibility index (Phi) is 6.07. The van der Waals surface area contributed by atoms with Gasteiger partial charge in [-0.15, -0.1) is 0 Å². The summed E-state index contributed by atoms with van der Waals surface area (Å²) in [4.78, 5) is 13.2. The lowest BCUT2D eigenvalue weighted by Gasteiger charge is -2.26. The van der Waals surface area contributed by atoms with E-state index in [0.29, 0.717) is 0 Å². The Morgan fingerprint density at radius 1 is 0.920 bits per heavy atom. The molecule has 132 valence electrons. The highest BCUT2D eigenvalue weighted by molar-refractivity contribution is 5.71. The third kappa shape index (κ3) is 5.33. The fourth-order valence-corrected chi connectivity index (χ4v) is 3.21. The van der Waals surface area contributed by atoms with Gasteiger partial charge in [0.1, 0.15) is 12.4 Å². The Morgan fingerprint density at radius 3 is 2.12 bits per heavy atom. The number of benzene rings is 2. The molecular weight excluding hydrogens is 314 g/mol. The first-order valence-corrected chi connectivity index (χ1v) is 8.97. The maximum Gasteiger partial charge on any atom is 0.307 e. The van der Waals surface area contributed by atoms with Crippen molar-refractivity contribution in [1.82, 2.24) is 4.90 Å². The van der Waals surface area contributed by atoms with Crippen molar-refractivity contribution in [2.45, 2.75) is 25.7 Å². The van der Waals surface area contributed by atoms with Crippen LogP contribution in [-0.4, -0.2) is 42.2 Å². The second kappa shape index (κ2) is 8.67. The highest BCUT2D eigenvalue weighted by atomic mass is 16.5. The van der Waals surface area contributed by atoms with E-state index in [4.69, 9.17) is 9.84 Å². The van der Waals surface area contributed by atoms with Gasteiger partial charge in [0, 0.05) is 6.54 Å². The maximum absolute atomic E-state index is 10.7. The van der Waals surface area contributed by atoms with Gasteiger partial charge >= 0.3 is 5.97 Å². The Balaban J connectivity index is 1.51. The van der Waals surface area contributed by atoms with Gasteiger partial charge in [-0.2, -0.15) is 0 Å². The minimum Gasteiger partial charge on any atom is -0.492 e. The van der Waals surface area contributed by atoms with Gasteiger partial charge in [-0.25, -0.2) is 0 Å². The molecule has 1 aliphatic heterocycles.